The molecule has 3 rings (SSSR count). The lowest BCUT2D eigenvalue weighted by molar-refractivity contribution is 0.495. The Hall–Kier alpha value is -1.19. The van der Waals surface area contributed by atoms with Gasteiger partial charge in [-0.25, -0.2) is 10.2 Å². The molecule has 0 spiro atoms. The average Bonchev–Trinajstić information content (AvgIpc) is 2.49. The average molecular weight is 304 g/mol. The van der Waals surface area contributed by atoms with Crippen molar-refractivity contribution in [3.63, 3.8) is 0 Å². The van der Waals surface area contributed by atoms with E-state index >= 15 is 0 Å². The van der Waals surface area contributed by atoms with E-state index in [0.29, 0.717) is 0 Å². The van der Waals surface area contributed by atoms with Gasteiger partial charge in [0.2, 0.25) is 6.57 Å². The molecule has 1 fully saturated rings. The highest BCUT2D eigenvalue weighted by atomic mass is 32.4. The first-order chi connectivity index (χ1) is 9.75. The van der Waals surface area contributed by atoms with Crippen LogP contribution in [0.4, 0.5) is 0 Å². The van der Waals surface area contributed by atoms with Crippen LogP contribution >= 0.6 is 6.57 Å². The van der Waals surface area contributed by atoms with Gasteiger partial charge in [-0.1, -0.05) is 48.5 Å². The van der Waals surface area contributed by atoms with Crippen LogP contribution in [0.15, 0.2) is 60.7 Å². The monoisotopic (exact) mass is 304 g/mol. The van der Waals surface area contributed by atoms with Gasteiger partial charge in [-0.2, -0.15) is 0 Å². The number of hydrogen-bond donors (Lipinski definition) is 2. The molecule has 0 aromatic heterocycles. The Morgan fingerprint density at radius 1 is 1.00 bits per heavy atom. The van der Waals surface area contributed by atoms with Crippen molar-refractivity contribution in [1.82, 2.24) is 10.2 Å². The van der Waals surface area contributed by atoms with Gasteiger partial charge in [0.05, 0.1) is 0 Å². The number of rotatable bonds is 3. The van der Waals surface area contributed by atoms with Crippen LogP contribution in [-0.4, -0.2) is 6.54 Å². The van der Waals surface area contributed by atoms with E-state index in [9.17, 15) is 0 Å². The molecule has 2 atom stereocenters. The van der Waals surface area contributed by atoms with Gasteiger partial charge >= 0.3 is 0 Å². The van der Waals surface area contributed by atoms with Crippen LogP contribution in [0.5, 0.6) is 5.75 Å². The molecule has 2 aromatic carbocycles. The van der Waals surface area contributed by atoms with Gasteiger partial charge in [0.15, 0.2) is 0 Å². The maximum Gasteiger partial charge on any atom is 0.248 e. The highest BCUT2D eigenvalue weighted by Gasteiger charge is 2.28. The highest BCUT2D eigenvalue weighted by molar-refractivity contribution is 8.10. The van der Waals surface area contributed by atoms with Crippen molar-refractivity contribution >= 4 is 18.4 Å². The largest absolute Gasteiger partial charge is 0.441 e. The molecule has 5 heteroatoms. The highest BCUT2D eigenvalue weighted by Crippen LogP contribution is 2.45. The number of hydrogen-bond acceptors (Lipinski definition) is 2. The van der Waals surface area contributed by atoms with Crippen molar-refractivity contribution in [2.45, 2.75) is 12.5 Å². The minimum Gasteiger partial charge on any atom is -0.441 e. The number of benzene rings is 2. The van der Waals surface area contributed by atoms with Crippen molar-refractivity contribution in [2.24, 2.45) is 0 Å². The molecule has 1 aliphatic heterocycles. The summed E-state index contributed by atoms with van der Waals surface area (Å²) in [6.07, 6.45) is 1.01. The topological polar surface area (TPSA) is 33.3 Å². The van der Waals surface area contributed by atoms with Crippen molar-refractivity contribution in [3.05, 3.63) is 66.2 Å². The molecular formula is C15H17N2OPS. The van der Waals surface area contributed by atoms with Crippen LogP contribution < -0.4 is 14.7 Å². The number of para-hydroxylation sites is 1. The quantitative estimate of drug-likeness (QED) is 0.849. The maximum atomic E-state index is 6.00. The lowest BCUT2D eigenvalue weighted by Gasteiger charge is -2.34. The minimum absolute atomic E-state index is 0.256. The Balaban J connectivity index is 1.76. The van der Waals surface area contributed by atoms with E-state index in [1.807, 2.05) is 36.4 Å². The maximum absolute atomic E-state index is 6.00. The summed E-state index contributed by atoms with van der Waals surface area (Å²) in [5, 5.41) is 6.82. The summed E-state index contributed by atoms with van der Waals surface area (Å²) in [6.45, 7) is -1.35. The van der Waals surface area contributed by atoms with Crippen molar-refractivity contribution in [3.8, 4) is 5.75 Å². The Labute approximate surface area is 124 Å². The first-order valence-corrected chi connectivity index (χ1v) is 9.40. The van der Waals surface area contributed by atoms with Crippen LogP contribution in [0.3, 0.4) is 0 Å². The SMILES string of the molecule is S=[P@]1(Oc2ccccc2)NCC[C@@H](c2ccccc2)N1. The summed E-state index contributed by atoms with van der Waals surface area (Å²) < 4.78 is 6.00. The summed E-state index contributed by atoms with van der Waals surface area (Å²) in [4.78, 5) is 0. The normalized spacial score (nSPS) is 26.1. The third-order valence-electron chi connectivity index (χ3n) is 3.26. The molecule has 3 nitrogen and oxygen atoms in total. The van der Waals surface area contributed by atoms with E-state index in [1.54, 1.807) is 0 Å². The van der Waals surface area contributed by atoms with Gasteiger partial charge in [0.25, 0.3) is 0 Å². The summed E-state index contributed by atoms with van der Waals surface area (Å²) in [7, 11) is 0. The molecule has 2 N–H and O–H groups in total. The summed E-state index contributed by atoms with van der Waals surface area (Å²) in [5.41, 5.74) is 1.26. The molecule has 0 radical (unpaired) electrons. The van der Waals surface area contributed by atoms with E-state index in [-0.39, 0.29) is 6.04 Å². The van der Waals surface area contributed by atoms with Gasteiger partial charge in [-0.15, -0.1) is 0 Å². The van der Waals surface area contributed by atoms with E-state index in [4.69, 9.17) is 16.3 Å². The summed E-state index contributed by atoms with van der Waals surface area (Å²) in [5.74, 6) is 0.810. The summed E-state index contributed by atoms with van der Waals surface area (Å²) in [6, 6.07) is 20.4. The predicted octanol–water partition coefficient (Wildman–Crippen LogP) is 3.61. The second-order valence-electron chi connectivity index (χ2n) is 4.74. The third kappa shape index (κ3) is 3.28. The zero-order valence-corrected chi connectivity index (χ0v) is 12.7. The molecule has 20 heavy (non-hydrogen) atoms. The summed E-state index contributed by atoms with van der Waals surface area (Å²) >= 11 is 5.68. The van der Waals surface area contributed by atoms with Gasteiger partial charge < -0.3 is 4.52 Å². The Morgan fingerprint density at radius 3 is 2.35 bits per heavy atom. The Kier molecular flexibility index (Phi) is 4.18. The molecule has 0 amide bonds. The van der Waals surface area contributed by atoms with Crippen LogP contribution in [0.25, 0.3) is 0 Å². The molecule has 1 heterocycles. The van der Waals surface area contributed by atoms with E-state index < -0.39 is 6.57 Å². The van der Waals surface area contributed by atoms with E-state index in [0.717, 1.165) is 18.7 Å². The molecule has 1 aliphatic rings. The zero-order chi connectivity index (χ0) is 13.8. The van der Waals surface area contributed by atoms with Crippen LogP contribution in [-0.2, 0) is 11.8 Å². The Morgan fingerprint density at radius 2 is 1.65 bits per heavy atom. The molecule has 0 saturated carbocycles. The standard InChI is InChI=1S/C15H17N2OPS/c20-19(18-14-9-5-2-6-10-14)16-12-11-15(17-19)13-7-3-1-4-8-13/h1-10,15H,11-12H2,(H2,16,17,20)/t15-,19+/m0/s1. The number of nitrogens with one attached hydrogen (secondary N) is 2. The fraction of sp³-hybridized carbons (Fsp3) is 0.200. The molecule has 104 valence electrons. The van der Waals surface area contributed by atoms with Gasteiger partial charge in [0, 0.05) is 12.6 Å². The zero-order valence-electron chi connectivity index (χ0n) is 11.0. The second-order valence-corrected chi connectivity index (χ2v) is 8.15. The van der Waals surface area contributed by atoms with Crippen LogP contribution in [0.1, 0.15) is 18.0 Å². The fourth-order valence-corrected chi connectivity index (χ4v) is 4.94. The third-order valence-corrected chi connectivity index (χ3v) is 5.94. The molecule has 0 aliphatic carbocycles. The second kappa shape index (κ2) is 6.06. The van der Waals surface area contributed by atoms with Gasteiger partial charge in [0.1, 0.15) is 5.75 Å². The first kappa shape index (κ1) is 13.8. The first-order valence-electron chi connectivity index (χ1n) is 6.68. The predicted molar refractivity (Wildman–Crippen MR) is 86.3 cm³/mol. The van der Waals surface area contributed by atoms with Gasteiger partial charge in [-0.3, -0.25) is 0 Å². The lowest BCUT2D eigenvalue weighted by atomic mass is 10.1. The van der Waals surface area contributed by atoms with E-state index in [2.05, 4.69) is 34.4 Å². The van der Waals surface area contributed by atoms with Crippen LogP contribution in [0.2, 0.25) is 0 Å². The molecular weight excluding hydrogens is 287 g/mol. The van der Waals surface area contributed by atoms with Crippen LogP contribution in [0, 0.1) is 0 Å². The molecule has 1 saturated heterocycles. The van der Waals surface area contributed by atoms with Crippen molar-refractivity contribution < 1.29 is 4.52 Å². The van der Waals surface area contributed by atoms with Crippen molar-refractivity contribution in [2.75, 3.05) is 6.54 Å². The van der Waals surface area contributed by atoms with Gasteiger partial charge in [-0.05, 0) is 35.9 Å². The smallest absolute Gasteiger partial charge is 0.248 e. The van der Waals surface area contributed by atoms with E-state index in [1.165, 1.54) is 5.56 Å². The minimum atomic E-state index is -2.22. The molecule has 2 aromatic rings. The Bertz CT molecular complexity index is 606. The fourth-order valence-electron chi connectivity index (χ4n) is 2.29. The molecule has 0 bridgehead atoms. The lowest BCUT2D eigenvalue weighted by Crippen LogP contribution is -2.36. The molecule has 0 unspecified atom stereocenters. The van der Waals surface area contributed by atoms with Crippen molar-refractivity contribution in [1.29, 1.82) is 0 Å².